The van der Waals surface area contributed by atoms with Crippen molar-refractivity contribution in [1.82, 2.24) is 15.1 Å². The highest BCUT2D eigenvalue weighted by atomic mass is 35.5. The van der Waals surface area contributed by atoms with Crippen molar-refractivity contribution in [1.29, 1.82) is 0 Å². The van der Waals surface area contributed by atoms with Crippen molar-refractivity contribution >= 4 is 18.3 Å². The maximum absolute atomic E-state index is 12.5. The number of carbonyl (C=O) groups is 1. The normalized spacial score (nSPS) is 18.9. The van der Waals surface area contributed by atoms with Crippen molar-refractivity contribution in [3.8, 4) is 0 Å². The third-order valence-corrected chi connectivity index (χ3v) is 3.93. The fraction of sp³-hybridized carbons (Fsp3) is 0.562. The Kier molecular flexibility index (Phi) is 7.72. The second kappa shape index (κ2) is 9.03. The third kappa shape index (κ3) is 5.30. The Hall–Kier alpha value is -1.10. The number of hydrogen-bond acceptors (Lipinski definition) is 3. The van der Waals surface area contributed by atoms with E-state index in [1.807, 2.05) is 30.0 Å². The van der Waals surface area contributed by atoms with Gasteiger partial charge >= 0.3 is 0 Å². The number of benzene rings is 1. The lowest BCUT2D eigenvalue weighted by molar-refractivity contribution is -0.133. The summed E-state index contributed by atoms with van der Waals surface area (Å²) in [6.45, 7) is 9.11. The van der Waals surface area contributed by atoms with Crippen molar-refractivity contribution in [3.05, 3.63) is 35.9 Å². The van der Waals surface area contributed by atoms with Crippen LogP contribution in [0.15, 0.2) is 30.3 Å². The summed E-state index contributed by atoms with van der Waals surface area (Å²) in [6.07, 6.45) is 0. The lowest BCUT2D eigenvalue weighted by Gasteiger charge is -2.34. The van der Waals surface area contributed by atoms with Crippen LogP contribution < -0.4 is 5.32 Å². The molecule has 0 aromatic heterocycles. The minimum atomic E-state index is 0. The standard InChI is InChI=1S/C16H25N3O.ClH/c1-3-18(12-15-7-5-4-6-8-15)16(20)13-19-10-9-17-11-14(19)2;/h4-8,14,17H,3,9-13H2,1-2H3;1H. The van der Waals surface area contributed by atoms with E-state index >= 15 is 0 Å². The summed E-state index contributed by atoms with van der Waals surface area (Å²) >= 11 is 0. The molecule has 0 spiro atoms. The second-order valence-corrected chi connectivity index (χ2v) is 5.42. The summed E-state index contributed by atoms with van der Waals surface area (Å²) in [5.41, 5.74) is 1.19. The molecule has 1 atom stereocenters. The molecule has 1 fully saturated rings. The van der Waals surface area contributed by atoms with E-state index in [2.05, 4.69) is 29.3 Å². The zero-order valence-electron chi connectivity index (χ0n) is 12.9. The number of halogens is 1. The van der Waals surface area contributed by atoms with E-state index in [-0.39, 0.29) is 18.3 Å². The summed E-state index contributed by atoms with van der Waals surface area (Å²) < 4.78 is 0. The van der Waals surface area contributed by atoms with Gasteiger partial charge in [0.15, 0.2) is 0 Å². The monoisotopic (exact) mass is 311 g/mol. The maximum Gasteiger partial charge on any atom is 0.237 e. The quantitative estimate of drug-likeness (QED) is 0.900. The summed E-state index contributed by atoms with van der Waals surface area (Å²) in [4.78, 5) is 16.7. The van der Waals surface area contributed by atoms with Gasteiger partial charge in [-0.15, -0.1) is 12.4 Å². The molecule has 1 aromatic rings. The molecule has 0 aliphatic carbocycles. The maximum atomic E-state index is 12.5. The molecule has 1 aliphatic rings. The van der Waals surface area contributed by atoms with Crippen LogP contribution in [0.4, 0.5) is 0 Å². The smallest absolute Gasteiger partial charge is 0.237 e. The van der Waals surface area contributed by atoms with Crippen LogP contribution in [0.25, 0.3) is 0 Å². The van der Waals surface area contributed by atoms with Crippen molar-refractivity contribution in [2.24, 2.45) is 0 Å². The number of nitrogens with zero attached hydrogens (tertiary/aromatic N) is 2. The minimum absolute atomic E-state index is 0. The predicted octanol–water partition coefficient (Wildman–Crippen LogP) is 1.75. The summed E-state index contributed by atoms with van der Waals surface area (Å²) in [5, 5.41) is 3.35. The van der Waals surface area contributed by atoms with Crippen LogP contribution in [0.3, 0.4) is 0 Å². The zero-order chi connectivity index (χ0) is 14.4. The lowest BCUT2D eigenvalue weighted by Crippen LogP contribution is -2.53. The van der Waals surface area contributed by atoms with E-state index in [0.717, 1.165) is 26.2 Å². The molecule has 1 saturated heterocycles. The molecule has 1 amide bonds. The predicted molar refractivity (Wildman–Crippen MR) is 88.7 cm³/mol. The first-order chi connectivity index (χ1) is 9.70. The Morgan fingerprint density at radius 3 is 2.71 bits per heavy atom. The molecule has 2 rings (SSSR count). The molecule has 4 nitrogen and oxygen atoms in total. The summed E-state index contributed by atoms with van der Waals surface area (Å²) in [5.74, 6) is 0.227. The van der Waals surface area contributed by atoms with Crippen LogP contribution in [-0.2, 0) is 11.3 Å². The average Bonchev–Trinajstić information content (AvgIpc) is 2.48. The van der Waals surface area contributed by atoms with Gasteiger partial charge in [-0.3, -0.25) is 9.69 Å². The fourth-order valence-corrected chi connectivity index (χ4v) is 2.57. The van der Waals surface area contributed by atoms with Gasteiger partial charge in [-0.25, -0.2) is 0 Å². The van der Waals surface area contributed by atoms with Crippen LogP contribution >= 0.6 is 12.4 Å². The second-order valence-electron chi connectivity index (χ2n) is 5.42. The van der Waals surface area contributed by atoms with Crippen LogP contribution in [-0.4, -0.2) is 54.5 Å². The van der Waals surface area contributed by atoms with Gasteiger partial charge in [0.05, 0.1) is 6.54 Å². The van der Waals surface area contributed by atoms with Crippen LogP contribution in [0, 0.1) is 0 Å². The highest BCUT2D eigenvalue weighted by Gasteiger charge is 2.22. The topological polar surface area (TPSA) is 35.6 Å². The van der Waals surface area contributed by atoms with Gasteiger partial charge in [0.25, 0.3) is 0 Å². The first-order valence-electron chi connectivity index (χ1n) is 7.47. The number of piperazine rings is 1. The number of carbonyl (C=O) groups excluding carboxylic acids is 1. The number of hydrogen-bond donors (Lipinski definition) is 1. The van der Waals surface area contributed by atoms with Gasteiger partial charge in [0.1, 0.15) is 0 Å². The SMILES string of the molecule is CCN(Cc1ccccc1)C(=O)CN1CCNCC1C.Cl. The Balaban J connectivity index is 0.00000220. The minimum Gasteiger partial charge on any atom is -0.338 e. The van der Waals surface area contributed by atoms with Crippen molar-refractivity contribution in [3.63, 3.8) is 0 Å². The third-order valence-electron chi connectivity index (χ3n) is 3.93. The largest absolute Gasteiger partial charge is 0.338 e. The highest BCUT2D eigenvalue weighted by molar-refractivity contribution is 5.85. The number of rotatable bonds is 5. The molecule has 1 aromatic carbocycles. The van der Waals surface area contributed by atoms with E-state index in [9.17, 15) is 4.79 Å². The number of nitrogens with one attached hydrogen (secondary N) is 1. The number of amides is 1. The van der Waals surface area contributed by atoms with Crippen LogP contribution in [0.2, 0.25) is 0 Å². The molecule has 1 N–H and O–H groups in total. The molecule has 0 radical (unpaired) electrons. The molecule has 1 unspecified atom stereocenters. The van der Waals surface area contributed by atoms with Crippen molar-refractivity contribution in [2.75, 3.05) is 32.7 Å². The fourth-order valence-electron chi connectivity index (χ4n) is 2.57. The average molecular weight is 312 g/mol. The van der Waals surface area contributed by atoms with Crippen molar-refractivity contribution in [2.45, 2.75) is 26.4 Å². The molecule has 1 heterocycles. The van der Waals surface area contributed by atoms with Gasteiger partial charge in [0, 0.05) is 38.8 Å². The summed E-state index contributed by atoms with van der Waals surface area (Å²) in [7, 11) is 0. The Morgan fingerprint density at radius 2 is 2.10 bits per heavy atom. The van der Waals surface area contributed by atoms with E-state index in [1.165, 1.54) is 5.56 Å². The molecule has 0 saturated carbocycles. The number of likely N-dealkylation sites (N-methyl/N-ethyl adjacent to an activating group) is 1. The Bertz CT molecular complexity index is 427. The molecular formula is C16H26ClN3O. The van der Waals surface area contributed by atoms with Gasteiger partial charge in [-0.05, 0) is 19.4 Å². The zero-order valence-corrected chi connectivity index (χ0v) is 13.7. The van der Waals surface area contributed by atoms with Gasteiger partial charge in [0.2, 0.25) is 5.91 Å². The van der Waals surface area contributed by atoms with Gasteiger partial charge in [-0.2, -0.15) is 0 Å². The first-order valence-corrected chi connectivity index (χ1v) is 7.47. The first kappa shape index (κ1) is 18.0. The van der Waals surface area contributed by atoms with Gasteiger partial charge in [-0.1, -0.05) is 30.3 Å². The lowest BCUT2D eigenvalue weighted by atomic mass is 10.2. The van der Waals surface area contributed by atoms with Crippen molar-refractivity contribution < 1.29 is 4.79 Å². The molecular weight excluding hydrogens is 286 g/mol. The van der Waals surface area contributed by atoms with E-state index in [4.69, 9.17) is 0 Å². The molecule has 5 heteroatoms. The van der Waals surface area contributed by atoms with Crippen LogP contribution in [0.5, 0.6) is 0 Å². The van der Waals surface area contributed by atoms with E-state index in [0.29, 0.717) is 19.1 Å². The molecule has 0 bridgehead atoms. The van der Waals surface area contributed by atoms with E-state index < -0.39 is 0 Å². The molecule has 118 valence electrons. The van der Waals surface area contributed by atoms with E-state index in [1.54, 1.807) is 0 Å². The van der Waals surface area contributed by atoms with Crippen LogP contribution in [0.1, 0.15) is 19.4 Å². The highest BCUT2D eigenvalue weighted by Crippen LogP contribution is 2.07. The molecule has 21 heavy (non-hydrogen) atoms. The Labute approximate surface area is 133 Å². The van der Waals surface area contributed by atoms with Gasteiger partial charge < -0.3 is 10.2 Å². The summed E-state index contributed by atoms with van der Waals surface area (Å²) in [6, 6.07) is 10.6. The Morgan fingerprint density at radius 1 is 1.38 bits per heavy atom. The molecule has 1 aliphatic heterocycles.